The minimum absolute atomic E-state index is 0.0703. The number of para-hydroxylation sites is 1. The average molecular weight is 298 g/mol. The van der Waals surface area contributed by atoms with Crippen molar-refractivity contribution in [1.29, 1.82) is 0 Å². The number of carbonyl (C=O) groups is 1. The number of rotatable bonds is 3. The van der Waals surface area contributed by atoms with Crippen LogP contribution < -0.4 is 0 Å². The molecule has 1 atom stereocenters. The van der Waals surface area contributed by atoms with Crippen molar-refractivity contribution < 1.29 is 29.8 Å². The molecule has 114 valence electrons. The molecule has 1 aliphatic heterocycles. The fraction of sp³-hybridized carbons (Fsp3) is 0.417. The fourth-order valence-electron chi connectivity index (χ4n) is 2.13. The summed E-state index contributed by atoms with van der Waals surface area (Å²) in [6, 6.07) is 2.59. The molecule has 1 saturated heterocycles. The number of nitro groups is 1. The highest BCUT2D eigenvalue weighted by molar-refractivity contribution is 5.98. The third-order valence-corrected chi connectivity index (χ3v) is 3.21. The minimum Gasteiger partial charge on any atom is -0.502 e. The number of phenols is 1. The average Bonchev–Trinajstić information content (AvgIpc) is 2.46. The Hall–Kier alpha value is -2.23. The van der Waals surface area contributed by atoms with Gasteiger partial charge in [0.1, 0.15) is 6.04 Å². The number of aliphatic hydroxyl groups excluding tert-OH is 1. The number of aliphatic hydroxyl groups is 2. The van der Waals surface area contributed by atoms with E-state index in [1.165, 1.54) is 12.1 Å². The molecule has 1 aromatic carbocycles. The molecule has 2 rings (SSSR count). The number of benzene rings is 1. The first-order chi connectivity index (χ1) is 9.93. The predicted molar refractivity (Wildman–Crippen MR) is 68.6 cm³/mol. The zero-order chi connectivity index (χ0) is 15.6. The van der Waals surface area contributed by atoms with E-state index < -0.39 is 34.6 Å². The number of nitrogens with zero attached hydrogens (tertiary/aromatic N) is 2. The number of aromatic hydroxyl groups is 1. The van der Waals surface area contributed by atoms with Crippen LogP contribution in [0.2, 0.25) is 0 Å². The third kappa shape index (κ3) is 2.94. The van der Waals surface area contributed by atoms with Crippen LogP contribution in [0, 0.1) is 10.1 Å². The van der Waals surface area contributed by atoms with Gasteiger partial charge in [-0.2, -0.15) is 0 Å². The Morgan fingerprint density at radius 2 is 2.19 bits per heavy atom. The number of hydrogen-bond acceptors (Lipinski definition) is 7. The molecular weight excluding hydrogens is 284 g/mol. The molecule has 21 heavy (non-hydrogen) atoms. The molecular formula is C12H14N2O7. The van der Waals surface area contributed by atoms with E-state index in [0.29, 0.717) is 0 Å². The SMILES string of the molecule is O=C(c1cccc([N+](=O)[O-])c1O)N1CCOCC1C(O)O. The lowest BCUT2D eigenvalue weighted by Crippen LogP contribution is -2.54. The Morgan fingerprint density at radius 3 is 2.81 bits per heavy atom. The Kier molecular flexibility index (Phi) is 4.36. The van der Waals surface area contributed by atoms with Crippen molar-refractivity contribution in [3.8, 4) is 5.75 Å². The Labute approximate surface area is 119 Å². The van der Waals surface area contributed by atoms with E-state index in [9.17, 15) is 30.2 Å². The normalized spacial score (nSPS) is 18.8. The summed E-state index contributed by atoms with van der Waals surface area (Å²) in [5, 5.41) is 39.1. The monoisotopic (exact) mass is 298 g/mol. The standard InChI is InChI=1S/C12H14N2O7/c15-10-7(2-1-3-8(10)14(19)20)11(16)13-4-5-21-6-9(13)12(17)18/h1-3,9,12,15,17-18H,4-6H2. The van der Waals surface area contributed by atoms with Crippen molar-refractivity contribution in [2.45, 2.75) is 12.3 Å². The Bertz CT molecular complexity index is 561. The van der Waals surface area contributed by atoms with Crippen molar-refractivity contribution in [3.05, 3.63) is 33.9 Å². The lowest BCUT2D eigenvalue weighted by atomic mass is 10.1. The maximum absolute atomic E-state index is 12.4. The van der Waals surface area contributed by atoms with E-state index in [2.05, 4.69) is 0 Å². The van der Waals surface area contributed by atoms with Crippen LogP contribution in [-0.2, 0) is 4.74 Å². The summed E-state index contributed by atoms with van der Waals surface area (Å²) < 4.78 is 5.07. The van der Waals surface area contributed by atoms with Gasteiger partial charge in [-0.15, -0.1) is 0 Å². The van der Waals surface area contributed by atoms with Crippen molar-refractivity contribution >= 4 is 11.6 Å². The smallest absolute Gasteiger partial charge is 0.311 e. The largest absolute Gasteiger partial charge is 0.502 e. The summed E-state index contributed by atoms with van der Waals surface area (Å²) >= 11 is 0. The number of ether oxygens (including phenoxy) is 1. The third-order valence-electron chi connectivity index (χ3n) is 3.21. The molecule has 9 nitrogen and oxygen atoms in total. The summed E-state index contributed by atoms with van der Waals surface area (Å²) in [4.78, 5) is 23.5. The molecule has 9 heteroatoms. The highest BCUT2D eigenvalue weighted by Gasteiger charge is 2.34. The van der Waals surface area contributed by atoms with Gasteiger partial charge in [-0.05, 0) is 6.07 Å². The van der Waals surface area contributed by atoms with Gasteiger partial charge in [0.25, 0.3) is 5.91 Å². The van der Waals surface area contributed by atoms with Gasteiger partial charge in [0.05, 0.1) is 23.7 Å². The summed E-state index contributed by atoms with van der Waals surface area (Å²) in [5.74, 6) is -1.47. The lowest BCUT2D eigenvalue weighted by Gasteiger charge is -2.36. The van der Waals surface area contributed by atoms with Crippen molar-refractivity contribution in [2.75, 3.05) is 19.8 Å². The van der Waals surface area contributed by atoms with Gasteiger partial charge in [-0.3, -0.25) is 14.9 Å². The van der Waals surface area contributed by atoms with E-state index in [-0.39, 0.29) is 25.3 Å². The highest BCUT2D eigenvalue weighted by atomic mass is 16.6. The van der Waals surface area contributed by atoms with Crippen LogP contribution in [-0.4, -0.2) is 63.1 Å². The predicted octanol–water partition coefficient (Wildman–Crippen LogP) is -0.548. The first kappa shape index (κ1) is 15.2. The number of hydrogen-bond donors (Lipinski definition) is 3. The first-order valence-corrected chi connectivity index (χ1v) is 6.14. The molecule has 1 amide bonds. The van der Waals surface area contributed by atoms with Gasteiger partial charge in [0.15, 0.2) is 6.29 Å². The lowest BCUT2D eigenvalue weighted by molar-refractivity contribution is -0.385. The highest BCUT2D eigenvalue weighted by Crippen LogP contribution is 2.30. The fourth-order valence-corrected chi connectivity index (χ4v) is 2.13. The maximum atomic E-state index is 12.4. The van der Waals surface area contributed by atoms with Crippen molar-refractivity contribution in [2.24, 2.45) is 0 Å². The zero-order valence-electron chi connectivity index (χ0n) is 10.9. The summed E-state index contributed by atoms with van der Waals surface area (Å²) in [6.07, 6.45) is -1.81. The van der Waals surface area contributed by atoms with E-state index in [4.69, 9.17) is 4.74 Å². The molecule has 0 saturated carbocycles. The maximum Gasteiger partial charge on any atom is 0.311 e. The number of amides is 1. The van der Waals surface area contributed by atoms with Gasteiger partial charge in [-0.1, -0.05) is 6.07 Å². The van der Waals surface area contributed by atoms with Gasteiger partial charge in [0, 0.05) is 12.6 Å². The Balaban J connectivity index is 2.35. The molecule has 1 aliphatic rings. The molecule has 0 radical (unpaired) electrons. The van der Waals surface area contributed by atoms with Crippen LogP contribution in [0.3, 0.4) is 0 Å². The van der Waals surface area contributed by atoms with Gasteiger partial charge < -0.3 is 25.0 Å². The minimum atomic E-state index is -1.81. The molecule has 1 heterocycles. The topological polar surface area (TPSA) is 133 Å². The summed E-state index contributed by atoms with van der Waals surface area (Å²) in [7, 11) is 0. The van der Waals surface area contributed by atoms with Gasteiger partial charge in [-0.25, -0.2) is 0 Å². The first-order valence-electron chi connectivity index (χ1n) is 6.14. The van der Waals surface area contributed by atoms with Gasteiger partial charge >= 0.3 is 5.69 Å². The molecule has 0 spiro atoms. The molecule has 0 aliphatic carbocycles. The van der Waals surface area contributed by atoms with Crippen LogP contribution in [0.15, 0.2) is 18.2 Å². The van der Waals surface area contributed by atoms with Crippen LogP contribution in [0.1, 0.15) is 10.4 Å². The molecule has 1 aromatic rings. The Morgan fingerprint density at radius 1 is 1.48 bits per heavy atom. The van der Waals surface area contributed by atoms with Crippen LogP contribution >= 0.6 is 0 Å². The van der Waals surface area contributed by atoms with Crippen molar-refractivity contribution in [1.82, 2.24) is 4.90 Å². The molecule has 1 unspecified atom stereocenters. The zero-order valence-corrected chi connectivity index (χ0v) is 10.9. The van der Waals surface area contributed by atoms with Crippen LogP contribution in [0.5, 0.6) is 5.75 Å². The van der Waals surface area contributed by atoms with Crippen LogP contribution in [0.4, 0.5) is 5.69 Å². The second kappa shape index (κ2) is 6.04. The summed E-state index contributed by atoms with van der Waals surface area (Å²) in [6.45, 7) is 0.215. The summed E-state index contributed by atoms with van der Waals surface area (Å²) in [5.41, 5.74) is -0.855. The van der Waals surface area contributed by atoms with E-state index in [0.717, 1.165) is 11.0 Å². The van der Waals surface area contributed by atoms with Crippen molar-refractivity contribution in [3.63, 3.8) is 0 Å². The quantitative estimate of drug-likeness (QED) is 0.387. The van der Waals surface area contributed by atoms with Crippen LogP contribution in [0.25, 0.3) is 0 Å². The molecule has 0 aromatic heterocycles. The number of morpholine rings is 1. The number of nitro benzene ring substituents is 1. The molecule has 0 bridgehead atoms. The molecule has 3 N–H and O–H groups in total. The molecule has 1 fully saturated rings. The number of phenolic OH excluding ortho intramolecular Hbond substituents is 1. The van der Waals surface area contributed by atoms with E-state index in [1.807, 2.05) is 0 Å². The van der Waals surface area contributed by atoms with Gasteiger partial charge in [0.2, 0.25) is 5.75 Å². The second-order valence-electron chi connectivity index (χ2n) is 4.48. The van der Waals surface area contributed by atoms with E-state index >= 15 is 0 Å². The van der Waals surface area contributed by atoms with E-state index in [1.54, 1.807) is 0 Å². The second-order valence-corrected chi connectivity index (χ2v) is 4.48. The number of carbonyl (C=O) groups excluding carboxylic acids is 1.